The summed E-state index contributed by atoms with van der Waals surface area (Å²) in [5.74, 6) is -0.227. The van der Waals surface area contributed by atoms with Crippen LogP contribution in [0, 0.1) is 5.82 Å². The van der Waals surface area contributed by atoms with E-state index in [9.17, 15) is 4.39 Å². The third-order valence-electron chi connectivity index (χ3n) is 2.62. The summed E-state index contributed by atoms with van der Waals surface area (Å²) in [4.78, 5) is 6.33. The molecule has 1 aromatic heterocycles. The molecular formula is C13H16FN3S. The van der Waals surface area contributed by atoms with Crippen molar-refractivity contribution in [1.82, 2.24) is 9.88 Å². The molecule has 0 fully saturated rings. The molecule has 0 bridgehead atoms. The molecule has 0 atom stereocenters. The van der Waals surface area contributed by atoms with Crippen molar-refractivity contribution in [3.8, 4) is 0 Å². The summed E-state index contributed by atoms with van der Waals surface area (Å²) in [6, 6.07) is 4.97. The molecule has 0 aliphatic heterocycles. The Kier molecular flexibility index (Phi) is 4.41. The molecule has 0 spiro atoms. The van der Waals surface area contributed by atoms with Gasteiger partial charge in [-0.15, -0.1) is 11.3 Å². The average Bonchev–Trinajstić information content (AvgIpc) is 2.80. The molecule has 0 unspecified atom stereocenters. The predicted molar refractivity (Wildman–Crippen MR) is 71.6 cm³/mol. The van der Waals surface area contributed by atoms with Crippen molar-refractivity contribution in [2.75, 3.05) is 7.05 Å². The number of hydrogen-bond donors (Lipinski definition) is 1. The highest BCUT2D eigenvalue weighted by atomic mass is 32.1. The normalized spacial score (nSPS) is 11.1. The summed E-state index contributed by atoms with van der Waals surface area (Å²) < 4.78 is 13.4. The fraction of sp³-hybridized carbons (Fsp3) is 0.308. The highest BCUT2D eigenvalue weighted by Crippen LogP contribution is 2.12. The summed E-state index contributed by atoms with van der Waals surface area (Å²) in [5.41, 5.74) is 10.2. The van der Waals surface area contributed by atoms with E-state index in [0.29, 0.717) is 13.1 Å². The smallest absolute Gasteiger partial charge is 0.123 e. The summed E-state index contributed by atoms with van der Waals surface area (Å²) in [7, 11) is 1.99. The second-order valence-corrected chi connectivity index (χ2v) is 5.04. The Bertz CT molecular complexity index is 499. The number of hydrogen-bond acceptors (Lipinski definition) is 4. The minimum Gasteiger partial charge on any atom is -0.326 e. The number of aromatic nitrogens is 1. The van der Waals surface area contributed by atoms with Gasteiger partial charge in [0, 0.05) is 25.0 Å². The molecule has 1 aromatic carbocycles. The molecule has 0 saturated heterocycles. The maximum absolute atomic E-state index is 13.4. The summed E-state index contributed by atoms with van der Waals surface area (Å²) in [5, 5.41) is 2.02. The van der Waals surface area contributed by atoms with Gasteiger partial charge in [0.25, 0.3) is 0 Å². The van der Waals surface area contributed by atoms with Crippen LogP contribution in [0.3, 0.4) is 0 Å². The van der Waals surface area contributed by atoms with Crippen LogP contribution in [0.15, 0.2) is 29.1 Å². The van der Waals surface area contributed by atoms with Crippen LogP contribution in [-0.4, -0.2) is 16.9 Å². The van der Waals surface area contributed by atoms with Gasteiger partial charge in [0.05, 0.1) is 11.2 Å². The first-order valence-corrected chi connectivity index (χ1v) is 6.65. The van der Waals surface area contributed by atoms with Gasteiger partial charge in [-0.2, -0.15) is 0 Å². The first-order chi connectivity index (χ1) is 8.67. The van der Waals surface area contributed by atoms with Crippen molar-refractivity contribution in [3.63, 3.8) is 0 Å². The Hall–Kier alpha value is -1.30. The number of nitrogens with zero attached hydrogens (tertiary/aromatic N) is 2. The van der Waals surface area contributed by atoms with Gasteiger partial charge < -0.3 is 5.73 Å². The van der Waals surface area contributed by atoms with E-state index < -0.39 is 0 Å². The van der Waals surface area contributed by atoms with Gasteiger partial charge in [0.15, 0.2) is 0 Å². The average molecular weight is 265 g/mol. The molecule has 96 valence electrons. The van der Waals surface area contributed by atoms with Crippen molar-refractivity contribution >= 4 is 11.3 Å². The topological polar surface area (TPSA) is 42.1 Å². The largest absolute Gasteiger partial charge is 0.326 e. The van der Waals surface area contributed by atoms with Crippen LogP contribution in [0.25, 0.3) is 0 Å². The quantitative estimate of drug-likeness (QED) is 0.902. The zero-order chi connectivity index (χ0) is 13.0. The first-order valence-electron chi connectivity index (χ1n) is 5.71. The molecule has 18 heavy (non-hydrogen) atoms. The molecule has 5 heteroatoms. The maximum atomic E-state index is 13.4. The van der Waals surface area contributed by atoms with Crippen LogP contribution < -0.4 is 5.73 Å². The summed E-state index contributed by atoms with van der Waals surface area (Å²) in [6.07, 6.45) is 0. The lowest BCUT2D eigenvalue weighted by atomic mass is 10.1. The van der Waals surface area contributed by atoms with Crippen molar-refractivity contribution < 1.29 is 4.39 Å². The van der Waals surface area contributed by atoms with E-state index in [0.717, 1.165) is 23.4 Å². The van der Waals surface area contributed by atoms with E-state index in [-0.39, 0.29) is 5.82 Å². The summed E-state index contributed by atoms with van der Waals surface area (Å²) in [6.45, 7) is 1.81. The summed E-state index contributed by atoms with van der Waals surface area (Å²) >= 11 is 1.58. The Morgan fingerprint density at radius 3 is 2.72 bits per heavy atom. The zero-order valence-corrected chi connectivity index (χ0v) is 11.1. The first kappa shape index (κ1) is 13.1. The van der Waals surface area contributed by atoms with Crippen LogP contribution >= 0.6 is 11.3 Å². The van der Waals surface area contributed by atoms with Crippen LogP contribution in [0.1, 0.15) is 16.8 Å². The zero-order valence-electron chi connectivity index (χ0n) is 10.3. The number of nitrogens with two attached hydrogens (primary N) is 1. The van der Waals surface area contributed by atoms with E-state index in [1.54, 1.807) is 17.4 Å². The van der Waals surface area contributed by atoms with Crippen LogP contribution in [0.5, 0.6) is 0 Å². The third-order valence-corrected chi connectivity index (χ3v) is 3.26. The van der Waals surface area contributed by atoms with Gasteiger partial charge >= 0.3 is 0 Å². The molecule has 0 aliphatic carbocycles. The van der Waals surface area contributed by atoms with Gasteiger partial charge in [-0.25, -0.2) is 9.37 Å². The van der Waals surface area contributed by atoms with Gasteiger partial charge in [-0.3, -0.25) is 4.90 Å². The lowest BCUT2D eigenvalue weighted by Crippen LogP contribution is -2.17. The van der Waals surface area contributed by atoms with Crippen LogP contribution in [0.4, 0.5) is 4.39 Å². The second kappa shape index (κ2) is 6.04. The lowest BCUT2D eigenvalue weighted by Gasteiger charge is -2.16. The standard InChI is InChI=1S/C13H16FN3S/c1-17(7-13-8-18-9-16-13)6-11-2-10(5-15)3-12(14)4-11/h2-4,8-9H,5-7,15H2,1H3. The SMILES string of the molecule is CN(Cc1cc(F)cc(CN)c1)Cc1cscn1. The van der Waals surface area contributed by atoms with Crippen LogP contribution in [0.2, 0.25) is 0 Å². The number of halogens is 1. The monoisotopic (exact) mass is 265 g/mol. The highest BCUT2D eigenvalue weighted by molar-refractivity contribution is 7.07. The van der Waals surface area contributed by atoms with E-state index >= 15 is 0 Å². The molecule has 2 N–H and O–H groups in total. The van der Waals surface area contributed by atoms with Gasteiger partial charge in [0.1, 0.15) is 5.82 Å². The Balaban J connectivity index is 2.02. The fourth-order valence-corrected chi connectivity index (χ4v) is 2.44. The lowest BCUT2D eigenvalue weighted by molar-refractivity contribution is 0.315. The predicted octanol–water partition coefficient (Wildman–Crippen LogP) is 2.37. The maximum Gasteiger partial charge on any atom is 0.123 e. The Labute approximate surface area is 110 Å². The second-order valence-electron chi connectivity index (χ2n) is 4.32. The molecule has 0 amide bonds. The third kappa shape index (κ3) is 3.60. The number of rotatable bonds is 5. The van der Waals surface area contributed by atoms with Gasteiger partial charge in [-0.1, -0.05) is 6.07 Å². The Morgan fingerprint density at radius 1 is 1.28 bits per heavy atom. The van der Waals surface area contributed by atoms with E-state index in [1.807, 2.05) is 24.0 Å². The Morgan fingerprint density at radius 2 is 2.06 bits per heavy atom. The van der Waals surface area contributed by atoms with Crippen molar-refractivity contribution in [2.24, 2.45) is 5.73 Å². The highest BCUT2D eigenvalue weighted by Gasteiger charge is 2.05. The molecule has 0 aliphatic rings. The van der Waals surface area contributed by atoms with E-state index in [2.05, 4.69) is 9.88 Å². The minimum atomic E-state index is -0.227. The molecule has 0 radical (unpaired) electrons. The van der Waals surface area contributed by atoms with Crippen molar-refractivity contribution in [2.45, 2.75) is 19.6 Å². The minimum absolute atomic E-state index is 0.227. The van der Waals surface area contributed by atoms with Gasteiger partial charge in [-0.05, 0) is 30.3 Å². The molecule has 0 saturated carbocycles. The van der Waals surface area contributed by atoms with E-state index in [4.69, 9.17) is 5.73 Å². The molecule has 1 heterocycles. The van der Waals surface area contributed by atoms with Crippen molar-refractivity contribution in [1.29, 1.82) is 0 Å². The van der Waals surface area contributed by atoms with E-state index in [1.165, 1.54) is 6.07 Å². The van der Waals surface area contributed by atoms with Crippen LogP contribution in [-0.2, 0) is 19.6 Å². The van der Waals surface area contributed by atoms with Gasteiger partial charge in [0.2, 0.25) is 0 Å². The number of thiazole rings is 1. The van der Waals surface area contributed by atoms with Crippen molar-refractivity contribution in [3.05, 3.63) is 51.7 Å². The number of benzene rings is 1. The molecule has 3 nitrogen and oxygen atoms in total. The molecule has 2 rings (SSSR count). The molecular weight excluding hydrogens is 249 g/mol. The molecule has 2 aromatic rings. The fourth-order valence-electron chi connectivity index (χ4n) is 1.89.